The predicted molar refractivity (Wildman–Crippen MR) is 148 cm³/mol. The highest BCUT2D eigenvalue weighted by atomic mass is 16.4. The van der Waals surface area contributed by atoms with Crippen LogP contribution in [0.3, 0.4) is 0 Å². The molecule has 0 bridgehead atoms. The molecular weight excluding hydrogens is 494 g/mol. The summed E-state index contributed by atoms with van der Waals surface area (Å²) >= 11 is 0. The van der Waals surface area contributed by atoms with Crippen LogP contribution in [0.1, 0.15) is 40.7 Å². The van der Waals surface area contributed by atoms with Gasteiger partial charge in [0, 0.05) is 31.8 Å². The maximum Gasteiger partial charge on any atom is 0.304 e. The van der Waals surface area contributed by atoms with Crippen LogP contribution in [-0.4, -0.2) is 59.1 Å². The Morgan fingerprint density at radius 3 is 2.38 bits per heavy atom. The SMILES string of the molecule is CO.N#Cc1ccc(-c2cccc(C(=O)NCC3CC(CC(=O)O)C(=O)N3CCCc3ccccc3)c2)cc1. The number of aliphatic hydroxyl groups excluding tert-OH is 1. The third-order valence-corrected chi connectivity index (χ3v) is 6.73. The molecule has 2 amide bonds. The fourth-order valence-corrected chi connectivity index (χ4v) is 4.83. The zero-order valence-electron chi connectivity index (χ0n) is 21.9. The van der Waals surface area contributed by atoms with Crippen LogP contribution in [-0.2, 0) is 16.0 Å². The fraction of sp³-hybridized carbons (Fsp3) is 0.290. The second-order valence-electron chi connectivity index (χ2n) is 9.29. The maximum absolute atomic E-state index is 13.0. The van der Waals surface area contributed by atoms with Crippen LogP contribution in [0.25, 0.3) is 11.1 Å². The highest BCUT2D eigenvalue weighted by Gasteiger charge is 2.40. The quantitative estimate of drug-likeness (QED) is 0.367. The molecule has 1 fully saturated rings. The number of nitrogens with one attached hydrogen (secondary N) is 1. The predicted octanol–water partition coefficient (Wildman–Crippen LogP) is 3.89. The summed E-state index contributed by atoms with van der Waals surface area (Å²) in [6.07, 6.45) is 1.77. The van der Waals surface area contributed by atoms with Crippen molar-refractivity contribution in [3.05, 3.63) is 95.6 Å². The summed E-state index contributed by atoms with van der Waals surface area (Å²) in [5, 5.41) is 28.2. The van der Waals surface area contributed by atoms with Crippen molar-refractivity contribution in [2.24, 2.45) is 5.92 Å². The molecule has 0 spiro atoms. The largest absolute Gasteiger partial charge is 0.481 e. The molecule has 0 saturated carbocycles. The molecule has 0 aromatic heterocycles. The van der Waals surface area contributed by atoms with Gasteiger partial charge in [0.05, 0.1) is 24.0 Å². The topological polar surface area (TPSA) is 131 Å². The van der Waals surface area contributed by atoms with Crippen molar-refractivity contribution in [1.82, 2.24) is 10.2 Å². The Bertz CT molecular complexity index is 1300. The zero-order valence-corrected chi connectivity index (χ0v) is 21.9. The number of hydrogen-bond acceptors (Lipinski definition) is 5. The van der Waals surface area contributed by atoms with Gasteiger partial charge < -0.3 is 20.4 Å². The summed E-state index contributed by atoms with van der Waals surface area (Å²) < 4.78 is 0. The van der Waals surface area contributed by atoms with Gasteiger partial charge in [-0.3, -0.25) is 14.4 Å². The Morgan fingerprint density at radius 2 is 1.72 bits per heavy atom. The van der Waals surface area contributed by atoms with Gasteiger partial charge in [-0.05, 0) is 60.2 Å². The lowest BCUT2D eigenvalue weighted by Gasteiger charge is -2.25. The van der Waals surface area contributed by atoms with E-state index >= 15 is 0 Å². The number of rotatable bonds is 10. The monoisotopic (exact) mass is 527 g/mol. The molecule has 0 radical (unpaired) electrons. The van der Waals surface area contributed by atoms with Gasteiger partial charge in [-0.2, -0.15) is 5.26 Å². The third kappa shape index (κ3) is 8.00. The summed E-state index contributed by atoms with van der Waals surface area (Å²) in [5.41, 5.74) is 4.00. The number of aliphatic carboxylic acids is 1. The molecule has 3 N–H and O–H groups in total. The lowest BCUT2D eigenvalue weighted by molar-refractivity contribution is -0.142. The average Bonchev–Trinajstić information content (AvgIpc) is 3.26. The lowest BCUT2D eigenvalue weighted by Crippen LogP contribution is -2.42. The summed E-state index contributed by atoms with van der Waals surface area (Å²) in [4.78, 5) is 39.0. The van der Waals surface area contributed by atoms with Gasteiger partial charge in [-0.1, -0.05) is 54.6 Å². The first kappa shape index (κ1) is 29.1. The van der Waals surface area contributed by atoms with E-state index in [-0.39, 0.29) is 30.8 Å². The van der Waals surface area contributed by atoms with Crippen LogP contribution in [0.15, 0.2) is 78.9 Å². The molecule has 2 atom stereocenters. The highest BCUT2D eigenvalue weighted by Crippen LogP contribution is 2.28. The number of nitrogens with zero attached hydrogens (tertiary/aromatic N) is 2. The number of carboxylic acids is 1. The van der Waals surface area contributed by atoms with Crippen LogP contribution in [0, 0.1) is 17.2 Å². The van der Waals surface area contributed by atoms with E-state index in [1.54, 1.807) is 35.2 Å². The van der Waals surface area contributed by atoms with Crippen LogP contribution >= 0.6 is 0 Å². The summed E-state index contributed by atoms with van der Waals surface area (Å²) in [6.45, 7) is 0.770. The maximum atomic E-state index is 13.0. The fourth-order valence-electron chi connectivity index (χ4n) is 4.83. The number of amides is 2. The van der Waals surface area contributed by atoms with Crippen molar-refractivity contribution >= 4 is 17.8 Å². The van der Waals surface area contributed by atoms with E-state index in [4.69, 9.17) is 10.4 Å². The van der Waals surface area contributed by atoms with E-state index in [1.807, 2.05) is 48.5 Å². The van der Waals surface area contributed by atoms with Crippen LogP contribution in [0.2, 0.25) is 0 Å². The van der Waals surface area contributed by atoms with Crippen molar-refractivity contribution in [2.45, 2.75) is 31.7 Å². The second-order valence-corrected chi connectivity index (χ2v) is 9.29. The van der Waals surface area contributed by atoms with Crippen LogP contribution in [0.5, 0.6) is 0 Å². The zero-order chi connectivity index (χ0) is 28.2. The molecule has 4 rings (SSSR count). The number of nitriles is 1. The van der Waals surface area contributed by atoms with Gasteiger partial charge in [0.15, 0.2) is 0 Å². The number of carboxylic acid groups (broad SMARTS) is 1. The van der Waals surface area contributed by atoms with Crippen molar-refractivity contribution in [1.29, 1.82) is 5.26 Å². The Morgan fingerprint density at radius 1 is 1.00 bits per heavy atom. The molecule has 3 aromatic carbocycles. The minimum Gasteiger partial charge on any atom is -0.481 e. The number of benzene rings is 3. The molecule has 202 valence electrons. The molecule has 8 nitrogen and oxygen atoms in total. The van der Waals surface area contributed by atoms with E-state index in [2.05, 4.69) is 11.4 Å². The van der Waals surface area contributed by atoms with Crippen molar-refractivity contribution < 1.29 is 24.6 Å². The molecular formula is C31H33N3O5. The Kier molecular flexibility index (Phi) is 10.8. The van der Waals surface area contributed by atoms with Gasteiger partial charge in [0.2, 0.25) is 5.91 Å². The molecule has 0 aliphatic carbocycles. The molecule has 1 aliphatic rings. The molecule has 2 unspecified atom stereocenters. The molecule has 1 aliphatic heterocycles. The number of likely N-dealkylation sites (tertiary alicyclic amines) is 1. The second kappa shape index (κ2) is 14.5. The first-order chi connectivity index (χ1) is 18.9. The number of carbonyl (C=O) groups is 3. The third-order valence-electron chi connectivity index (χ3n) is 6.73. The number of aliphatic hydroxyl groups is 1. The Labute approximate surface area is 228 Å². The summed E-state index contributed by atoms with van der Waals surface area (Å²) in [5.74, 6) is -1.98. The Hall–Kier alpha value is -4.48. The van der Waals surface area contributed by atoms with Crippen molar-refractivity contribution in [3.8, 4) is 17.2 Å². The van der Waals surface area contributed by atoms with Gasteiger partial charge in [0.25, 0.3) is 5.91 Å². The average molecular weight is 528 g/mol. The smallest absolute Gasteiger partial charge is 0.304 e. The van der Waals surface area contributed by atoms with E-state index < -0.39 is 11.9 Å². The molecule has 8 heteroatoms. The molecule has 39 heavy (non-hydrogen) atoms. The van der Waals surface area contributed by atoms with Crippen LogP contribution in [0.4, 0.5) is 0 Å². The van der Waals surface area contributed by atoms with E-state index in [1.165, 1.54) is 5.56 Å². The molecule has 1 heterocycles. The summed E-state index contributed by atoms with van der Waals surface area (Å²) in [7, 11) is 1.00. The lowest BCUT2D eigenvalue weighted by atomic mass is 10.0. The van der Waals surface area contributed by atoms with E-state index in [0.29, 0.717) is 24.1 Å². The normalized spacial score (nSPS) is 16.1. The highest BCUT2D eigenvalue weighted by molar-refractivity contribution is 5.95. The van der Waals surface area contributed by atoms with Gasteiger partial charge in [-0.25, -0.2) is 0 Å². The van der Waals surface area contributed by atoms with E-state index in [0.717, 1.165) is 31.1 Å². The standard InChI is InChI=1S/C30H29N3O4.CH4O/c31-19-22-11-13-23(14-12-22)24-9-4-10-25(16-24)29(36)32-20-27-17-26(18-28(34)35)30(37)33(27)15-5-8-21-6-2-1-3-7-21;1-2/h1-4,6-7,9-14,16,26-27H,5,8,15,17-18,20H2,(H,32,36)(H,34,35);2H,1H3. The van der Waals surface area contributed by atoms with Crippen molar-refractivity contribution in [2.75, 3.05) is 20.2 Å². The summed E-state index contributed by atoms with van der Waals surface area (Å²) in [6, 6.07) is 26.2. The van der Waals surface area contributed by atoms with Crippen molar-refractivity contribution in [3.63, 3.8) is 0 Å². The minimum atomic E-state index is -0.994. The number of hydrogen-bond donors (Lipinski definition) is 3. The number of carbonyl (C=O) groups excluding carboxylic acids is 2. The van der Waals surface area contributed by atoms with Gasteiger partial charge in [-0.15, -0.1) is 0 Å². The first-order valence-electron chi connectivity index (χ1n) is 12.8. The number of aryl methyl sites for hydroxylation is 1. The Balaban J connectivity index is 0.00000205. The molecule has 3 aromatic rings. The van der Waals surface area contributed by atoms with Gasteiger partial charge >= 0.3 is 5.97 Å². The first-order valence-corrected chi connectivity index (χ1v) is 12.8. The minimum absolute atomic E-state index is 0.155. The molecule has 1 saturated heterocycles. The van der Waals surface area contributed by atoms with Crippen LogP contribution < -0.4 is 5.32 Å². The van der Waals surface area contributed by atoms with E-state index in [9.17, 15) is 19.5 Å². The van der Waals surface area contributed by atoms with Gasteiger partial charge in [0.1, 0.15) is 0 Å².